The highest BCUT2D eigenvalue weighted by molar-refractivity contribution is 5.85. The lowest BCUT2D eigenvalue weighted by Crippen LogP contribution is -2.51. The minimum Gasteiger partial charge on any atom is -0.481 e. The first-order chi connectivity index (χ1) is 17.1. The molecule has 3 N–H and O–H groups in total. The van der Waals surface area contributed by atoms with Gasteiger partial charge in [0.1, 0.15) is 5.54 Å². The summed E-state index contributed by atoms with van der Waals surface area (Å²) in [4.78, 5) is 24.4. The third-order valence-corrected chi connectivity index (χ3v) is 7.18. The third kappa shape index (κ3) is 5.41. The predicted molar refractivity (Wildman–Crippen MR) is 131 cm³/mol. The molecule has 0 radical (unpaired) electrons. The van der Waals surface area contributed by atoms with Crippen LogP contribution in [-0.2, 0) is 15.0 Å². The molecule has 4 rings (SSSR count). The molecule has 0 unspecified atom stereocenters. The maximum absolute atomic E-state index is 14.1. The summed E-state index contributed by atoms with van der Waals surface area (Å²) in [6, 6.07) is 14.0. The van der Waals surface area contributed by atoms with Gasteiger partial charge in [-0.1, -0.05) is 62.4 Å². The number of nitrogens with one attached hydrogen (secondary N) is 2. The van der Waals surface area contributed by atoms with Crippen molar-refractivity contribution < 1.29 is 23.5 Å². The highest BCUT2D eigenvalue weighted by Crippen LogP contribution is 2.48. The number of benzene rings is 2. The van der Waals surface area contributed by atoms with Crippen LogP contribution in [0.25, 0.3) is 11.1 Å². The zero-order valence-electron chi connectivity index (χ0n) is 20.4. The molecule has 2 fully saturated rings. The number of alkyl halides is 2. The Kier molecular flexibility index (Phi) is 7.14. The van der Waals surface area contributed by atoms with Crippen molar-refractivity contribution in [3.63, 3.8) is 0 Å². The largest absolute Gasteiger partial charge is 0.481 e. The molecule has 0 aromatic heterocycles. The Morgan fingerprint density at radius 3 is 1.97 bits per heavy atom. The summed E-state index contributed by atoms with van der Waals surface area (Å²) in [5.74, 6) is -1.15. The molecule has 2 saturated carbocycles. The van der Waals surface area contributed by atoms with E-state index in [4.69, 9.17) is 0 Å². The van der Waals surface area contributed by atoms with Crippen LogP contribution in [0, 0.1) is 17.2 Å². The molecule has 0 saturated heterocycles. The minimum atomic E-state index is -2.74. The number of carboxylic acid groups (broad SMARTS) is 1. The number of carbonyl (C=O) groups is 2. The van der Waals surface area contributed by atoms with E-state index >= 15 is 0 Å². The van der Waals surface area contributed by atoms with Crippen molar-refractivity contribution in [1.82, 2.24) is 10.6 Å². The highest BCUT2D eigenvalue weighted by atomic mass is 19.3. The number of rotatable bonds is 11. The standard InChI is InChI=1S/C28H31F2N3O3/c1-17(2)15-22(25(34)33-27(16-31)11-12-27)32-23(24(29)30)20-5-3-18(4-6-20)19-7-9-21(10-8-19)28(13-14-28)26(35)36/h3-10,17,22-24,32H,11-15H2,1-2H3,(H,33,34)(H,35,36)/t22-,23-/m0/s1. The average Bonchev–Trinajstić information content (AvgIpc) is 3.77. The molecule has 2 atom stereocenters. The van der Waals surface area contributed by atoms with E-state index < -0.39 is 41.3 Å². The molecule has 6 nitrogen and oxygen atoms in total. The van der Waals surface area contributed by atoms with Gasteiger partial charge in [-0.15, -0.1) is 0 Å². The number of hydrogen-bond donors (Lipinski definition) is 3. The van der Waals surface area contributed by atoms with Crippen LogP contribution in [-0.4, -0.2) is 35.0 Å². The number of nitrogens with zero attached hydrogens (tertiary/aromatic N) is 1. The Balaban J connectivity index is 1.49. The van der Waals surface area contributed by atoms with Crippen LogP contribution in [0.15, 0.2) is 48.5 Å². The van der Waals surface area contributed by atoms with Crippen molar-refractivity contribution in [2.24, 2.45) is 5.92 Å². The van der Waals surface area contributed by atoms with E-state index in [1.807, 2.05) is 38.1 Å². The van der Waals surface area contributed by atoms with Gasteiger partial charge in [0.2, 0.25) is 5.91 Å². The van der Waals surface area contributed by atoms with E-state index in [0.29, 0.717) is 37.7 Å². The van der Waals surface area contributed by atoms with Crippen molar-refractivity contribution >= 4 is 11.9 Å². The van der Waals surface area contributed by atoms with Crippen molar-refractivity contribution in [2.75, 3.05) is 0 Å². The second kappa shape index (κ2) is 9.98. The fourth-order valence-corrected chi connectivity index (χ4v) is 4.58. The molecule has 0 bridgehead atoms. The molecule has 2 aromatic rings. The molecule has 2 aliphatic carbocycles. The SMILES string of the molecule is CC(C)C[C@H](N[C@@H](c1ccc(-c2ccc(C3(C(=O)O)CC3)cc2)cc1)C(F)F)C(=O)NC1(C#N)CC1. The normalized spacial score (nSPS) is 18.8. The Morgan fingerprint density at radius 1 is 1.00 bits per heavy atom. The van der Waals surface area contributed by atoms with Crippen molar-refractivity contribution in [3.8, 4) is 17.2 Å². The lowest BCUT2D eigenvalue weighted by molar-refractivity contribution is -0.140. The molecule has 36 heavy (non-hydrogen) atoms. The smallest absolute Gasteiger partial charge is 0.314 e. The summed E-state index contributed by atoms with van der Waals surface area (Å²) < 4.78 is 28.2. The molecule has 8 heteroatoms. The zero-order chi connectivity index (χ0) is 26.1. The molecule has 2 aromatic carbocycles. The van der Waals surface area contributed by atoms with Crippen LogP contribution < -0.4 is 10.6 Å². The fourth-order valence-electron chi connectivity index (χ4n) is 4.58. The summed E-state index contributed by atoms with van der Waals surface area (Å²) in [5, 5.41) is 24.3. The first kappa shape index (κ1) is 25.8. The van der Waals surface area contributed by atoms with Crippen LogP contribution in [0.2, 0.25) is 0 Å². The number of amides is 1. The van der Waals surface area contributed by atoms with E-state index in [9.17, 15) is 28.7 Å². The van der Waals surface area contributed by atoms with Crippen LogP contribution >= 0.6 is 0 Å². The Labute approximate surface area is 209 Å². The summed E-state index contributed by atoms with van der Waals surface area (Å²) in [6.45, 7) is 3.83. The quantitative estimate of drug-likeness (QED) is 0.409. The molecule has 1 amide bonds. The second-order valence-corrected chi connectivity index (χ2v) is 10.4. The number of carboxylic acids is 1. The van der Waals surface area contributed by atoms with Crippen LogP contribution in [0.4, 0.5) is 8.78 Å². The maximum Gasteiger partial charge on any atom is 0.314 e. The molecule has 0 spiro atoms. The first-order valence-electron chi connectivity index (χ1n) is 12.3. The van der Waals surface area contributed by atoms with Gasteiger partial charge in [0.05, 0.1) is 23.6 Å². The number of hydrogen-bond acceptors (Lipinski definition) is 4. The molecular weight excluding hydrogens is 464 g/mol. The number of carbonyl (C=O) groups excluding carboxylic acids is 1. The molecule has 190 valence electrons. The molecule has 0 heterocycles. The van der Waals surface area contributed by atoms with Gasteiger partial charge in [0.25, 0.3) is 6.43 Å². The van der Waals surface area contributed by atoms with Crippen LogP contribution in [0.1, 0.15) is 63.1 Å². The van der Waals surface area contributed by atoms with Gasteiger partial charge in [-0.25, -0.2) is 8.78 Å². The minimum absolute atomic E-state index is 0.0880. The summed E-state index contributed by atoms with van der Waals surface area (Å²) in [6.07, 6.45) is 0.0220. The van der Waals surface area contributed by atoms with Gasteiger partial charge < -0.3 is 10.4 Å². The highest BCUT2D eigenvalue weighted by Gasteiger charge is 2.51. The number of aliphatic carboxylic acids is 1. The van der Waals surface area contributed by atoms with E-state index in [1.165, 1.54) is 0 Å². The molecule has 0 aliphatic heterocycles. The van der Waals surface area contributed by atoms with Gasteiger partial charge in [-0.05, 0) is 60.3 Å². The Morgan fingerprint density at radius 2 is 1.56 bits per heavy atom. The van der Waals surface area contributed by atoms with E-state index in [0.717, 1.165) is 16.7 Å². The lowest BCUT2D eigenvalue weighted by Gasteiger charge is -2.27. The van der Waals surface area contributed by atoms with Crippen LogP contribution in [0.5, 0.6) is 0 Å². The van der Waals surface area contributed by atoms with E-state index in [-0.39, 0.29) is 5.92 Å². The lowest BCUT2D eigenvalue weighted by atomic mass is 9.93. The average molecular weight is 496 g/mol. The van der Waals surface area contributed by atoms with Crippen molar-refractivity contribution in [1.29, 1.82) is 5.26 Å². The zero-order valence-corrected chi connectivity index (χ0v) is 20.4. The number of nitriles is 1. The summed E-state index contributed by atoms with van der Waals surface area (Å²) >= 11 is 0. The molecule has 2 aliphatic rings. The Bertz CT molecular complexity index is 1150. The fraction of sp³-hybridized carbons (Fsp3) is 0.464. The van der Waals surface area contributed by atoms with Crippen LogP contribution in [0.3, 0.4) is 0 Å². The Hall–Kier alpha value is -3.31. The van der Waals surface area contributed by atoms with Crippen molar-refractivity contribution in [2.45, 2.75) is 75.4 Å². The summed E-state index contributed by atoms with van der Waals surface area (Å²) in [5.41, 5.74) is 1.17. The second-order valence-electron chi connectivity index (χ2n) is 10.4. The van der Waals surface area contributed by atoms with Gasteiger partial charge in [0.15, 0.2) is 0 Å². The monoisotopic (exact) mass is 495 g/mol. The van der Waals surface area contributed by atoms with Gasteiger partial charge in [-0.2, -0.15) is 5.26 Å². The first-order valence-corrected chi connectivity index (χ1v) is 12.3. The third-order valence-electron chi connectivity index (χ3n) is 7.18. The van der Waals surface area contributed by atoms with Gasteiger partial charge in [0, 0.05) is 0 Å². The van der Waals surface area contributed by atoms with Gasteiger partial charge >= 0.3 is 5.97 Å². The predicted octanol–water partition coefficient (Wildman–Crippen LogP) is 4.95. The molecular formula is C28H31F2N3O3. The van der Waals surface area contributed by atoms with Crippen molar-refractivity contribution in [3.05, 3.63) is 59.7 Å². The topological polar surface area (TPSA) is 102 Å². The maximum atomic E-state index is 14.1. The summed E-state index contributed by atoms with van der Waals surface area (Å²) in [7, 11) is 0. The number of halogens is 2. The van der Waals surface area contributed by atoms with E-state index in [1.54, 1.807) is 24.3 Å². The van der Waals surface area contributed by atoms with E-state index in [2.05, 4.69) is 16.7 Å². The van der Waals surface area contributed by atoms with Gasteiger partial charge in [-0.3, -0.25) is 14.9 Å².